The lowest BCUT2D eigenvalue weighted by atomic mass is 9.90. The smallest absolute Gasteiger partial charge is 0.337 e. The van der Waals surface area contributed by atoms with Gasteiger partial charge in [0.2, 0.25) is 0 Å². The predicted molar refractivity (Wildman–Crippen MR) is 115 cm³/mol. The standard InChI is InChI=1S/C24H23ClFNO3/c1-12(2)30-23(24(28)29)19-13(3)27-18-7-5-4-6-16(18)20(19)17-11-10-15(14-8-9-14)22(26)21(17)25/h4-7,10-12,14,23H,8-9H2,1-3H3,(H,28,29)/t23-/m0/s1. The summed E-state index contributed by atoms with van der Waals surface area (Å²) in [5, 5.41) is 10.6. The fraction of sp³-hybridized carbons (Fsp3) is 0.333. The number of hydrogen-bond acceptors (Lipinski definition) is 3. The molecule has 2 aromatic carbocycles. The number of carboxylic acids is 1. The number of para-hydroxylation sites is 1. The second-order valence-electron chi connectivity index (χ2n) is 8.01. The molecule has 3 aromatic rings. The summed E-state index contributed by atoms with van der Waals surface area (Å²) < 4.78 is 20.9. The molecule has 1 aliphatic rings. The number of carbonyl (C=O) groups is 1. The first-order valence-corrected chi connectivity index (χ1v) is 10.4. The molecular formula is C24H23ClFNO3. The van der Waals surface area contributed by atoms with Gasteiger partial charge in [0.15, 0.2) is 6.10 Å². The Hall–Kier alpha value is -2.50. The van der Waals surface area contributed by atoms with Gasteiger partial charge in [0.05, 0.1) is 16.6 Å². The second kappa shape index (κ2) is 7.97. The Morgan fingerprint density at radius 2 is 1.93 bits per heavy atom. The lowest BCUT2D eigenvalue weighted by Crippen LogP contribution is -2.21. The summed E-state index contributed by atoms with van der Waals surface area (Å²) in [5.41, 5.74) is 3.22. The zero-order valence-corrected chi connectivity index (χ0v) is 17.8. The number of rotatable bonds is 6. The van der Waals surface area contributed by atoms with Crippen LogP contribution >= 0.6 is 11.6 Å². The number of pyridine rings is 1. The fourth-order valence-electron chi connectivity index (χ4n) is 3.95. The molecule has 1 N–H and O–H groups in total. The number of halogens is 2. The van der Waals surface area contributed by atoms with E-state index in [0.29, 0.717) is 38.9 Å². The Bertz CT molecular complexity index is 1140. The summed E-state index contributed by atoms with van der Waals surface area (Å²) in [5.74, 6) is -1.35. The number of carboxylic acid groups (broad SMARTS) is 1. The van der Waals surface area contributed by atoms with E-state index in [1.165, 1.54) is 0 Å². The van der Waals surface area contributed by atoms with Crippen LogP contribution in [0.1, 0.15) is 55.5 Å². The third-order valence-electron chi connectivity index (χ3n) is 5.41. The van der Waals surface area contributed by atoms with Crippen LogP contribution in [0.25, 0.3) is 22.0 Å². The van der Waals surface area contributed by atoms with Crippen molar-refractivity contribution in [1.29, 1.82) is 0 Å². The Labute approximate surface area is 179 Å². The van der Waals surface area contributed by atoms with E-state index in [2.05, 4.69) is 4.98 Å². The van der Waals surface area contributed by atoms with E-state index in [-0.39, 0.29) is 17.0 Å². The summed E-state index contributed by atoms with van der Waals surface area (Å²) in [6.07, 6.45) is 0.338. The number of fused-ring (bicyclic) bond motifs is 1. The molecular weight excluding hydrogens is 405 g/mol. The first-order valence-electron chi connectivity index (χ1n) is 10.0. The molecule has 6 heteroatoms. The molecule has 4 rings (SSSR count). The highest BCUT2D eigenvalue weighted by molar-refractivity contribution is 6.34. The number of hydrogen-bond donors (Lipinski definition) is 1. The van der Waals surface area contributed by atoms with Crippen molar-refractivity contribution in [3.05, 3.63) is 64.1 Å². The minimum absolute atomic E-state index is 0.00471. The number of aryl methyl sites for hydroxylation is 1. The third-order valence-corrected chi connectivity index (χ3v) is 5.78. The SMILES string of the molecule is Cc1nc2ccccc2c(-c2ccc(C3CC3)c(F)c2Cl)c1[C@H](OC(C)C)C(=O)O. The number of ether oxygens (including phenoxy) is 1. The molecule has 1 heterocycles. The van der Waals surface area contributed by atoms with Crippen LogP contribution in [0.3, 0.4) is 0 Å². The van der Waals surface area contributed by atoms with Crippen LogP contribution in [-0.2, 0) is 9.53 Å². The van der Waals surface area contributed by atoms with Crippen LogP contribution in [0.5, 0.6) is 0 Å². The van der Waals surface area contributed by atoms with Gasteiger partial charge in [0, 0.05) is 27.8 Å². The zero-order chi connectivity index (χ0) is 21.6. The van der Waals surface area contributed by atoms with Crippen molar-refractivity contribution < 1.29 is 19.0 Å². The quantitative estimate of drug-likeness (QED) is 0.492. The van der Waals surface area contributed by atoms with Crippen molar-refractivity contribution in [3.63, 3.8) is 0 Å². The summed E-state index contributed by atoms with van der Waals surface area (Å²) in [6.45, 7) is 5.29. The van der Waals surface area contributed by atoms with Gasteiger partial charge in [-0.1, -0.05) is 41.9 Å². The second-order valence-corrected chi connectivity index (χ2v) is 8.39. The minimum atomic E-state index is -1.25. The van der Waals surface area contributed by atoms with Gasteiger partial charge in [-0.15, -0.1) is 0 Å². The highest BCUT2D eigenvalue weighted by Crippen LogP contribution is 2.46. The molecule has 0 radical (unpaired) electrons. The molecule has 0 aliphatic heterocycles. The van der Waals surface area contributed by atoms with Crippen LogP contribution in [0, 0.1) is 12.7 Å². The van der Waals surface area contributed by atoms with Gasteiger partial charge in [0.25, 0.3) is 0 Å². The fourth-order valence-corrected chi connectivity index (χ4v) is 4.22. The van der Waals surface area contributed by atoms with Gasteiger partial charge in [0.1, 0.15) is 5.82 Å². The summed E-state index contributed by atoms with van der Waals surface area (Å²) >= 11 is 6.54. The van der Waals surface area contributed by atoms with Gasteiger partial charge in [-0.25, -0.2) is 9.18 Å². The lowest BCUT2D eigenvalue weighted by Gasteiger charge is -2.23. The van der Waals surface area contributed by atoms with Crippen LogP contribution < -0.4 is 0 Å². The van der Waals surface area contributed by atoms with E-state index in [0.717, 1.165) is 12.8 Å². The summed E-state index contributed by atoms with van der Waals surface area (Å²) in [6, 6.07) is 10.9. The normalized spacial score (nSPS) is 15.0. The van der Waals surface area contributed by atoms with Crippen LogP contribution in [0.15, 0.2) is 36.4 Å². The minimum Gasteiger partial charge on any atom is -0.479 e. The molecule has 4 nitrogen and oxygen atoms in total. The Morgan fingerprint density at radius 1 is 1.23 bits per heavy atom. The van der Waals surface area contributed by atoms with Gasteiger partial charge >= 0.3 is 5.97 Å². The van der Waals surface area contributed by atoms with E-state index in [9.17, 15) is 9.90 Å². The molecule has 0 unspecified atom stereocenters. The van der Waals surface area contributed by atoms with Crippen molar-refractivity contribution in [2.45, 2.75) is 51.7 Å². The molecule has 0 bridgehead atoms. The summed E-state index contributed by atoms with van der Waals surface area (Å²) in [4.78, 5) is 16.8. The van der Waals surface area contributed by atoms with Gasteiger partial charge < -0.3 is 9.84 Å². The number of benzene rings is 2. The average Bonchev–Trinajstić information content (AvgIpc) is 3.52. The molecule has 1 fully saturated rings. The highest BCUT2D eigenvalue weighted by atomic mass is 35.5. The number of nitrogens with zero attached hydrogens (tertiary/aromatic N) is 1. The first-order chi connectivity index (χ1) is 14.3. The number of aliphatic carboxylic acids is 1. The Kier molecular flexibility index (Phi) is 5.51. The maximum atomic E-state index is 15.1. The maximum Gasteiger partial charge on any atom is 0.337 e. The number of aromatic nitrogens is 1. The van der Waals surface area contributed by atoms with Gasteiger partial charge in [-0.05, 0) is 51.2 Å². The lowest BCUT2D eigenvalue weighted by molar-refractivity contribution is -0.153. The maximum absolute atomic E-state index is 15.1. The Balaban J connectivity index is 2.05. The summed E-state index contributed by atoms with van der Waals surface area (Å²) in [7, 11) is 0. The first kappa shape index (κ1) is 20.8. The Morgan fingerprint density at radius 3 is 2.57 bits per heavy atom. The average molecular weight is 428 g/mol. The molecule has 0 saturated heterocycles. The van der Waals surface area contributed by atoms with E-state index < -0.39 is 17.9 Å². The van der Waals surface area contributed by atoms with Crippen molar-refractivity contribution in [2.75, 3.05) is 0 Å². The van der Waals surface area contributed by atoms with E-state index in [1.807, 2.05) is 24.3 Å². The van der Waals surface area contributed by atoms with Crippen molar-refractivity contribution >= 4 is 28.5 Å². The van der Waals surface area contributed by atoms with E-state index in [4.69, 9.17) is 16.3 Å². The van der Waals surface area contributed by atoms with E-state index >= 15 is 4.39 Å². The zero-order valence-electron chi connectivity index (χ0n) is 17.1. The molecule has 0 spiro atoms. The molecule has 1 aliphatic carbocycles. The molecule has 30 heavy (non-hydrogen) atoms. The van der Waals surface area contributed by atoms with Gasteiger partial charge in [-0.3, -0.25) is 4.98 Å². The van der Waals surface area contributed by atoms with Crippen LogP contribution in [0.2, 0.25) is 5.02 Å². The highest BCUT2D eigenvalue weighted by Gasteiger charge is 2.32. The largest absolute Gasteiger partial charge is 0.479 e. The van der Waals surface area contributed by atoms with Gasteiger partial charge in [-0.2, -0.15) is 0 Å². The third kappa shape index (κ3) is 3.68. The van der Waals surface area contributed by atoms with Crippen molar-refractivity contribution in [2.24, 2.45) is 0 Å². The van der Waals surface area contributed by atoms with Crippen LogP contribution in [0.4, 0.5) is 4.39 Å². The molecule has 1 aromatic heterocycles. The van der Waals surface area contributed by atoms with E-state index in [1.54, 1.807) is 32.9 Å². The molecule has 1 atom stereocenters. The monoisotopic (exact) mass is 427 g/mol. The predicted octanol–water partition coefficient (Wildman–Crippen LogP) is 6.43. The topological polar surface area (TPSA) is 59.4 Å². The van der Waals surface area contributed by atoms with Crippen molar-refractivity contribution in [1.82, 2.24) is 4.98 Å². The molecule has 0 amide bonds. The van der Waals surface area contributed by atoms with Crippen LogP contribution in [-0.4, -0.2) is 22.2 Å². The molecule has 1 saturated carbocycles. The molecule has 156 valence electrons. The van der Waals surface area contributed by atoms with Crippen molar-refractivity contribution in [3.8, 4) is 11.1 Å².